The number of amides is 1. The van der Waals surface area contributed by atoms with Crippen molar-refractivity contribution >= 4 is 37.8 Å². The highest BCUT2D eigenvalue weighted by atomic mass is 79.9. The van der Waals surface area contributed by atoms with Gasteiger partial charge in [0.2, 0.25) is 0 Å². The molecule has 20 heavy (non-hydrogen) atoms. The van der Waals surface area contributed by atoms with E-state index in [2.05, 4.69) is 37.2 Å². The fourth-order valence-electron chi connectivity index (χ4n) is 2.21. The molecule has 1 aliphatic carbocycles. The van der Waals surface area contributed by atoms with E-state index < -0.39 is 17.6 Å². The van der Waals surface area contributed by atoms with Gasteiger partial charge in [0.1, 0.15) is 0 Å². The predicted molar refractivity (Wildman–Crippen MR) is 77.0 cm³/mol. The van der Waals surface area contributed by atoms with Crippen LogP contribution in [0.25, 0.3) is 0 Å². The lowest BCUT2D eigenvalue weighted by Gasteiger charge is -2.17. The third-order valence-electron chi connectivity index (χ3n) is 3.28. The van der Waals surface area contributed by atoms with Crippen LogP contribution in [0.1, 0.15) is 35.2 Å². The summed E-state index contributed by atoms with van der Waals surface area (Å²) in [5.41, 5.74) is -0.820. The van der Waals surface area contributed by atoms with E-state index in [4.69, 9.17) is 0 Å². The van der Waals surface area contributed by atoms with Gasteiger partial charge in [0.15, 0.2) is 0 Å². The number of carbonyl (C=O) groups excluding carboxylic acids is 1. The van der Waals surface area contributed by atoms with E-state index in [1.54, 1.807) is 0 Å². The fourth-order valence-corrected chi connectivity index (χ4v) is 3.40. The van der Waals surface area contributed by atoms with E-state index in [1.165, 1.54) is 12.1 Å². The average molecular weight is 415 g/mol. The Bertz CT molecular complexity index is 519. The van der Waals surface area contributed by atoms with Gasteiger partial charge in [-0.3, -0.25) is 4.79 Å². The first-order valence-electron chi connectivity index (χ1n) is 6.10. The molecule has 2 rings (SSSR count). The summed E-state index contributed by atoms with van der Waals surface area (Å²) in [6, 6.07) is 3.48. The minimum absolute atomic E-state index is 0.0205. The first kappa shape index (κ1) is 15.8. The molecule has 110 valence electrons. The summed E-state index contributed by atoms with van der Waals surface area (Å²) in [6.07, 6.45) is -1.70. The third-order valence-corrected chi connectivity index (χ3v) is 5.07. The average Bonchev–Trinajstić information content (AvgIpc) is 2.74. The summed E-state index contributed by atoms with van der Waals surface area (Å²) < 4.78 is 38.3. The minimum Gasteiger partial charge on any atom is -0.348 e. The monoisotopic (exact) mass is 413 g/mol. The maximum atomic E-state index is 12.8. The topological polar surface area (TPSA) is 29.1 Å². The lowest BCUT2D eigenvalue weighted by molar-refractivity contribution is -0.138. The zero-order chi connectivity index (χ0) is 14.9. The van der Waals surface area contributed by atoms with Crippen LogP contribution in [0.2, 0.25) is 0 Å². The van der Waals surface area contributed by atoms with Crippen molar-refractivity contribution in [1.82, 2.24) is 5.32 Å². The van der Waals surface area contributed by atoms with E-state index in [0.29, 0.717) is 0 Å². The molecule has 0 aliphatic heterocycles. The van der Waals surface area contributed by atoms with Crippen molar-refractivity contribution in [3.63, 3.8) is 0 Å². The van der Waals surface area contributed by atoms with E-state index in [0.717, 1.165) is 25.3 Å². The molecule has 0 radical (unpaired) electrons. The minimum atomic E-state index is -4.49. The SMILES string of the molecule is O=C(NC1CCCC1Br)c1ccc(Br)c(C(F)(F)F)c1. The Morgan fingerprint density at radius 1 is 1.30 bits per heavy atom. The van der Waals surface area contributed by atoms with E-state index >= 15 is 0 Å². The lowest BCUT2D eigenvalue weighted by Crippen LogP contribution is -2.37. The van der Waals surface area contributed by atoms with Gasteiger partial charge in [0.25, 0.3) is 5.91 Å². The standard InChI is InChI=1S/C13H12Br2F3NO/c14-9-5-4-7(6-8(9)13(16,17)18)12(20)19-11-3-1-2-10(11)15/h4-6,10-11H,1-3H2,(H,19,20). The number of alkyl halides is 4. The van der Waals surface area contributed by atoms with Crippen LogP contribution in [0.15, 0.2) is 22.7 Å². The molecule has 1 saturated carbocycles. The van der Waals surface area contributed by atoms with Crippen molar-refractivity contribution in [3.05, 3.63) is 33.8 Å². The molecular formula is C13H12Br2F3NO. The number of hydrogen-bond acceptors (Lipinski definition) is 1. The predicted octanol–water partition coefficient (Wildman–Crippen LogP) is 4.51. The highest BCUT2D eigenvalue weighted by Crippen LogP contribution is 2.35. The number of nitrogens with one attached hydrogen (secondary N) is 1. The van der Waals surface area contributed by atoms with Gasteiger partial charge in [0.05, 0.1) is 5.56 Å². The van der Waals surface area contributed by atoms with Gasteiger partial charge in [-0.05, 0) is 31.0 Å². The van der Waals surface area contributed by atoms with Crippen molar-refractivity contribution in [2.75, 3.05) is 0 Å². The van der Waals surface area contributed by atoms with Crippen LogP contribution in [-0.4, -0.2) is 16.8 Å². The Labute approximate surface area is 131 Å². The van der Waals surface area contributed by atoms with Crippen LogP contribution < -0.4 is 5.32 Å². The van der Waals surface area contributed by atoms with Crippen LogP contribution in [0.4, 0.5) is 13.2 Å². The maximum Gasteiger partial charge on any atom is 0.417 e. The second-order valence-electron chi connectivity index (χ2n) is 4.72. The molecule has 7 heteroatoms. The number of halogens is 5. The van der Waals surface area contributed by atoms with Gasteiger partial charge in [0, 0.05) is 20.9 Å². The summed E-state index contributed by atoms with van der Waals surface area (Å²) in [5, 5.41) is 2.77. The molecule has 1 aromatic rings. The molecule has 1 N–H and O–H groups in total. The Hall–Kier alpha value is -0.560. The summed E-state index contributed by atoms with van der Waals surface area (Å²) >= 11 is 6.32. The van der Waals surface area contributed by atoms with Gasteiger partial charge >= 0.3 is 6.18 Å². The van der Waals surface area contributed by atoms with E-state index in [1.807, 2.05) is 0 Å². The second kappa shape index (κ2) is 6.05. The molecule has 0 spiro atoms. The third kappa shape index (κ3) is 3.55. The Morgan fingerprint density at radius 3 is 2.55 bits per heavy atom. The first-order valence-corrected chi connectivity index (χ1v) is 7.81. The van der Waals surface area contributed by atoms with Gasteiger partial charge in [-0.2, -0.15) is 13.2 Å². The molecule has 2 nitrogen and oxygen atoms in total. The van der Waals surface area contributed by atoms with Crippen LogP contribution in [0, 0.1) is 0 Å². The van der Waals surface area contributed by atoms with E-state index in [9.17, 15) is 18.0 Å². The highest BCUT2D eigenvalue weighted by molar-refractivity contribution is 9.10. The van der Waals surface area contributed by atoms with Gasteiger partial charge in [-0.25, -0.2) is 0 Å². The molecule has 0 heterocycles. The van der Waals surface area contributed by atoms with Crippen molar-refractivity contribution < 1.29 is 18.0 Å². The molecular weight excluding hydrogens is 403 g/mol. The normalized spacial score (nSPS) is 22.9. The summed E-state index contributed by atoms with van der Waals surface area (Å²) in [4.78, 5) is 12.2. The number of carbonyl (C=O) groups is 1. The second-order valence-corrected chi connectivity index (χ2v) is 6.75. The largest absolute Gasteiger partial charge is 0.417 e. The number of rotatable bonds is 2. The van der Waals surface area contributed by atoms with E-state index in [-0.39, 0.29) is 20.9 Å². The fraction of sp³-hybridized carbons (Fsp3) is 0.462. The summed E-state index contributed by atoms with van der Waals surface area (Å²) in [7, 11) is 0. The number of hydrogen-bond donors (Lipinski definition) is 1. The highest BCUT2D eigenvalue weighted by Gasteiger charge is 2.34. The van der Waals surface area contributed by atoms with Crippen molar-refractivity contribution in [2.24, 2.45) is 0 Å². The molecule has 0 saturated heterocycles. The zero-order valence-corrected chi connectivity index (χ0v) is 13.5. The molecule has 2 atom stereocenters. The van der Waals surface area contributed by atoms with Crippen molar-refractivity contribution in [3.8, 4) is 0 Å². The zero-order valence-electron chi connectivity index (χ0n) is 10.3. The van der Waals surface area contributed by atoms with Gasteiger partial charge in [-0.15, -0.1) is 0 Å². The molecule has 1 aliphatic rings. The van der Waals surface area contributed by atoms with Crippen LogP contribution >= 0.6 is 31.9 Å². The molecule has 1 fully saturated rings. The van der Waals surface area contributed by atoms with Gasteiger partial charge in [-0.1, -0.05) is 38.3 Å². The van der Waals surface area contributed by atoms with Crippen LogP contribution in [0.5, 0.6) is 0 Å². The first-order chi connectivity index (χ1) is 9.29. The lowest BCUT2D eigenvalue weighted by atomic mass is 10.1. The summed E-state index contributed by atoms with van der Waals surface area (Å²) in [5.74, 6) is -0.473. The van der Waals surface area contributed by atoms with Crippen LogP contribution in [0.3, 0.4) is 0 Å². The Kier molecular flexibility index (Phi) is 4.79. The molecule has 2 unspecified atom stereocenters. The molecule has 0 bridgehead atoms. The summed E-state index contributed by atoms with van der Waals surface area (Å²) in [6.45, 7) is 0. The van der Waals surface area contributed by atoms with Gasteiger partial charge < -0.3 is 5.32 Å². The van der Waals surface area contributed by atoms with Crippen molar-refractivity contribution in [1.29, 1.82) is 0 Å². The smallest absolute Gasteiger partial charge is 0.348 e. The molecule has 1 aromatic carbocycles. The van der Waals surface area contributed by atoms with Crippen molar-refractivity contribution in [2.45, 2.75) is 36.3 Å². The molecule has 0 aromatic heterocycles. The number of benzene rings is 1. The Balaban J connectivity index is 2.18. The van der Waals surface area contributed by atoms with Crippen LogP contribution in [-0.2, 0) is 6.18 Å². The molecule has 1 amide bonds. The quantitative estimate of drug-likeness (QED) is 0.708. The Morgan fingerprint density at radius 2 is 2.00 bits per heavy atom. The maximum absolute atomic E-state index is 12.8.